The van der Waals surface area contributed by atoms with E-state index in [1.807, 2.05) is 19.9 Å². The Balaban J connectivity index is 1.60. The molecule has 126 valence electrons. The van der Waals surface area contributed by atoms with Crippen LogP contribution in [0.1, 0.15) is 18.2 Å². The summed E-state index contributed by atoms with van der Waals surface area (Å²) in [5.41, 5.74) is 2.44. The second kappa shape index (κ2) is 7.16. The summed E-state index contributed by atoms with van der Waals surface area (Å²) in [5.74, 6) is 1.36. The smallest absolute Gasteiger partial charge is 0.319 e. The van der Waals surface area contributed by atoms with E-state index in [0.29, 0.717) is 36.8 Å². The molecule has 2 N–H and O–H groups in total. The van der Waals surface area contributed by atoms with Gasteiger partial charge in [-0.25, -0.2) is 4.79 Å². The summed E-state index contributed by atoms with van der Waals surface area (Å²) < 4.78 is 11.1. The van der Waals surface area contributed by atoms with E-state index in [1.165, 1.54) is 0 Å². The molecule has 1 aliphatic heterocycles. The molecule has 0 saturated heterocycles. The second-order valence-corrected chi connectivity index (χ2v) is 5.71. The van der Waals surface area contributed by atoms with Crippen molar-refractivity contribution >= 4 is 11.7 Å². The lowest BCUT2D eigenvalue weighted by Gasteiger charge is -2.21. The number of carbonyl (C=O) groups excluding carboxylic acids is 1. The molecule has 7 nitrogen and oxygen atoms in total. The summed E-state index contributed by atoms with van der Waals surface area (Å²) in [4.78, 5) is 20.4. The number of nitrogens with zero attached hydrogens (tertiary/aromatic N) is 2. The van der Waals surface area contributed by atoms with Crippen molar-refractivity contribution in [3.05, 3.63) is 42.0 Å². The minimum Gasteiger partial charge on any atom is -0.486 e. The van der Waals surface area contributed by atoms with E-state index in [0.717, 1.165) is 11.3 Å². The number of urea groups is 1. The molecule has 0 spiro atoms. The van der Waals surface area contributed by atoms with Crippen LogP contribution in [0, 0.1) is 6.92 Å². The molecule has 2 aromatic rings. The van der Waals surface area contributed by atoms with Crippen LogP contribution in [0.4, 0.5) is 10.5 Å². The van der Waals surface area contributed by atoms with Crippen molar-refractivity contribution in [1.29, 1.82) is 0 Å². The third kappa shape index (κ3) is 3.92. The number of anilines is 1. The van der Waals surface area contributed by atoms with Crippen molar-refractivity contribution in [3.63, 3.8) is 0 Å². The number of benzene rings is 1. The van der Waals surface area contributed by atoms with Gasteiger partial charge in [0.25, 0.3) is 0 Å². The van der Waals surface area contributed by atoms with Crippen LogP contribution in [0.15, 0.2) is 30.7 Å². The number of aromatic nitrogens is 2. The number of nitrogens with one attached hydrogen (secondary N) is 2. The van der Waals surface area contributed by atoms with Crippen LogP contribution in [0.2, 0.25) is 0 Å². The maximum atomic E-state index is 12.2. The molecular weight excluding hydrogens is 308 g/mol. The van der Waals surface area contributed by atoms with Gasteiger partial charge in [0.2, 0.25) is 0 Å². The highest BCUT2D eigenvalue weighted by atomic mass is 16.6. The normalized spacial score (nSPS) is 13.9. The van der Waals surface area contributed by atoms with Gasteiger partial charge in [-0.2, -0.15) is 0 Å². The fourth-order valence-electron chi connectivity index (χ4n) is 2.51. The molecule has 0 unspecified atom stereocenters. The predicted molar refractivity (Wildman–Crippen MR) is 89.5 cm³/mol. The standard InChI is InChI=1S/C17H20N4O3/c1-11-7-15-16(24-6-5-23-15)9-14(11)21-17(22)20-12(2)8-13-10-18-3-4-19-13/h3-4,7,9-10,12H,5-6,8H2,1-2H3,(H2,20,21,22)/t12-/m0/s1. The van der Waals surface area contributed by atoms with Crippen molar-refractivity contribution in [1.82, 2.24) is 15.3 Å². The molecule has 0 bridgehead atoms. The van der Waals surface area contributed by atoms with Gasteiger partial charge in [0.15, 0.2) is 11.5 Å². The number of amides is 2. The van der Waals surface area contributed by atoms with E-state index in [2.05, 4.69) is 20.6 Å². The highest BCUT2D eigenvalue weighted by Crippen LogP contribution is 2.35. The van der Waals surface area contributed by atoms with E-state index in [-0.39, 0.29) is 12.1 Å². The highest BCUT2D eigenvalue weighted by Gasteiger charge is 2.16. The second-order valence-electron chi connectivity index (χ2n) is 5.71. The topological polar surface area (TPSA) is 85.4 Å². The maximum absolute atomic E-state index is 12.2. The fraction of sp³-hybridized carbons (Fsp3) is 0.353. The fourth-order valence-corrected chi connectivity index (χ4v) is 2.51. The van der Waals surface area contributed by atoms with E-state index in [4.69, 9.17) is 9.47 Å². The lowest BCUT2D eigenvalue weighted by Crippen LogP contribution is -2.37. The van der Waals surface area contributed by atoms with Gasteiger partial charge in [-0.05, 0) is 25.5 Å². The van der Waals surface area contributed by atoms with Crippen LogP contribution in [0.25, 0.3) is 0 Å². The molecule has 2 heterocycles. The van der Waals surface area contributed by atoms with Gasteiger partial charge in [0.05, 0.1) is 5.69 Å². The molecule has 7 heteroatoms. The number of hydrogen-bond donors (Lipinski definition) is 2. The van der Waals surface area contributed by atoms with Gasteiger partial charge < -0.3 is 20.1 Å². The quantitative estimate of drug-likeness (QED) is 0.899. The van der Waals surface area contributed by atoms with Crippen molar-refractivity contribution < 1.29 is 14.3 Å². The molecule has 3 rings (SSSR count). The van der Waals surface area contributed by atoms with Crippen LogP contribution in [-0.2, 0) is 6.42 Å². The van der Waals surface area contributed by atoms with Crippen LogP contribution in [-0.4, -0.2) is 35.3 Å². The van der Waals surface area contributed by atoms with Gasteiger partial charge in [-0.1, -0.05) is 0 Å². The first-order chi connectivity index (χ1) is 11.6. The molecule has 0 radical (unpaired) electrons. The molecule has 1 atom stereocenters. The Kier molecular flexibility index (Phi) is 4.79. The Bertz CT molecular complexity index is 721. The summed E-state index contributed by atoms with van der Waals surface area (Å²) in [6.07, 6.45) is 5.57. The van der Waals surface area contributed by atoms with Gasteiger partial charge in [-0.3, -0.25) is 9.97 Å². The number of fused-ring (bicyclic) bond motifs is 1. The third-order valence-electron chi connectivity index (χ3n) is 3.65. The number of rotatable bonds is 4. The SMILES string of the molecule is Cc1cc2c(cc1NC(=O)N[C@@H](C)Cc1cnccn1)OCCO2. The maximum Gasteiger partial charge on any atom is 0.319 e. The highest BCUT2D eigenvalue weighted by molar-refractivity contribution is 5.90. The molecular formula is C17H20N4O3. The molecule has 0 saturated carbocycles. The van der Waals surface area contributed by atoms with Crippen molar-refractivity contribution in [2.45, 2.75) is 26.3 Å². The van der Waals surface area contributed by atoms with Crippen LogP contribution >= 0.6 is 0 Å². The van der Waals surface area contributed by atoms with Crippen molar-refractivity contribution in [3.8, 4) is 11.5 Å². The van der Waals surface area contributed by atoms with Gasteiger partial charge >= 0.3 is 6.03 Å². The largest absolute Gasteiger partial charge is 0.486 e. The van der Waals surface area contributed by atoms with E-state index < -0.39 is 0 Å². The molecule has 2 amide bonds. The lowest BCUT2D eigenvalue weighted by atomic mass is 10.1. The Morgan fingerprint density at radius 2 is 2.00 bits per heavy atom. The summed E-state index contributed by atoms with van der Waals surface area (Å²) >= 11 is 0. The minimum absolute atomic E-state index is 0.0702. The molecule has 24 heavy (non-hydrogen) atoms. The average Bonchev–Trinajstić information content (AvgIpc) is 2.56. The Labute approximate surface area is 140 Å². The summed E-state index contributed by atoms with van der Waals surface area (Å²) in [5, 5.41) is 5.75. The summed E-state index contributed by atoms with van der Waals surface area (Å²) in [6.45, 7) is 4.89. The monoisotopic (exact) mass is 328 g/mol. The zero-order valence-electron chi connectivity index (χ0n) is 13.7. The zero-order chi connectivity index (χ0) is 16.9. The number of carbonyl (C=O) groups is 1. The number of hydrogen-bond acceptors (Lipinski definition) is 5. The molecule has 0 fully saturated rings. The summed E-state index contributed by atoms with van der Waals surface area (Å²) in [6, 6.07) is 3.31. The predicted octanol–water partition coefficient (Wildman–Crippen LogP) is 2.31. The third-order valence-corrected chi connectivity index (χ3v) is 3.65. The average molecular weight is 328 g/mol. The molecule has 1 aromatic heterocycles. The van der Waals surface area contributed by atoms with Gasteiger partial charge in [0.1, 0.15) is 13.2 Å². The van der Waals surface area contributed by atoms with Gasteiger partial charge in [-0.15, -0.1) is 0 Å². The first-order valence-electron chi connectivity index (χ1n) is 7.84. The van der Waals surface area contributed by atoms with Crippen LogP contribution < -0.4 is 20.1 Å². The number of ether oxygens (including phenoxy) is 2. The number of aryl methyl sites for hydroxylation is 1. The Morgan fingerprint density at radius 3 is 2.71 bits per heavy atom. The minimum atomic E-state index is -0.272. The first kappa shape index (κ1) is 16.0. The Morgan fingerprint density at radius 1 is 1.25 bits per heavy atom. The van der Waals surface area contributed by atoms with Crippen molar-refractivity contribution in [2.75, 3.05) is 18.5 Å². The lowest BCUT2D eigenvalue weighted by molar-refractivity contribution is 0.171. The van der Waals surface area contributed by atoms with E-state index in [1.54, 1.807) is 24.7 Å². The first-order valence-corrected chi connectivity index (χ1v) is 7.84. The van der Waals surface area contributed by atoms with Crippen LogP contribution in [0.3, 0.4) is 0 Å². The summed E-state index contributed by atoms with van der Waals surface area (Å²) in [7, 11) is 0. The van der Waals surface area contributed by atoms with Crippen molar-refractivity contribution in [2.24, 2.45) is 0 Å². The molecule has 1 aromatic carbocycles. The Hall–Kier alpha value is -2.83. The van der Waals surface area contributed by atoms with E-state index in [9.17, 15) is 4.79 Å². The van der Waals surface area contributed by atoms with Crippen LogP contribution in [0.5, 0.6) is 11.5 Å². The molecule has 1 aliphatic rings. The van der Waals surface area contributed by atoms with E-state index >= 15 is 0 Å². The zero-order valence-corrected chi connectivity index (χ0v) is 13.7. The molecule has 0 aliphatic carbocycles. The van der Waals surface area contributed by atoms with Gasteiger partial charge in [0, 0.05) is 42.8 Å².